The summed E-state index contributed by atoms with van der Waals surface area (Å²) in [6.07, 6.45) is 5.60. The Labute approximate surface area is 194 Å². The molecule has 5 nitrogen and oxygen atoms in total. The number of anilines is 2. The van der Waals surface area contributed by atoms with Crippen LogP contribution in [0.2, 0.25) is 0 Å². The molecule has 0 unspecified atom stereocenters. The Morgan fingerprint density at radius 3 is 2.15 bits per heavy atom. The van der Waals surface area contributed by atoms with Gasteiger partial charge in [0, 0.05) is 36.1 Å². The Balaban J connectivity index is 1.35. The number of benzene rings is 3. The lowest BCUT2D eigenvalue weighted by atomic mass is 10.0. The van der Waals surface area contributed by atoms with Gasteiger partial charge < -0.3 is 15.5 Å². The highest BCUT2D eigenvalue weighted by Crippen LogP contribution is 2.29. The minimum Gasteiger partial charge on any atom is -0.371 e. The van der Waals surface area contributed by atoms with Crippen LogP contribution in [0.3, 0.4) is 0 Å². The van der Waals surface area contributed by atoms with Crippen molar-refractivity contribution < 1.29 is 9.59 Å². The second kappa shape index (κ2) is 9.49. The Hall–Kier alpha value is -3.60. The highest BCUT2D eigenvalue weighted by Gasteiger charge is 2.26. The molecule has 2 N–H and O–H groups in total. The molecule has 1 heterocycles. The van der Waals surface area contributed by atoms with E-state index in [1.807, 2.05) is 72.8 Å². The summed E-state index contributed by atoms with van der Waals surface area (Å²) >= 11 is 0. The molecular weight excluding hydrogens is 410 g/mol. The summed E-state index contributed by atoms with van der Waals surface area (Å²) in [4.78, 5) is 28.2. The molecule has 33 heavy (non-hydrogen) atoms. The Morgan fingerprint density at radius 2 is 1.45 bits per heavy atom. The van der Waals surface area contributed by atoms with Gasteiger partial charge in [-0.3, -0.25) is 9.59 Å². The third-order valence-electron chi connectivity index (χ3n) is 6.36. The minimum atomic E-state index is -0.186. The van der Waals surface area contributed by atoms with Crippen molar-refractivity contribution in [1.29, 1.82) is 0 Å². The summed E-state index contributed by atoms with van der Waals surface area (Å²) in [5.74, 6) is -0.240. The van der Waals surface area contributed by atoms with Crippen molar-refractivity contribution in [2.75, 3.05) is 23.3 Å². The van der Waals surface area contributed by atoms with E-state index in [0.29, 0.717) is 16.8 Å². The van der Waals surface area contributed by atoms with Crippen LogP contribution in [-0.2, 0) is 0 Å². The smallest absolute Gasteiger partial charge is 0.255 e. The highest BCUT2D eigenvalue weighted by molar-refractivity contribution is 6.06. The molecule has 2 amide bonds. The molecule has 5 rings (SSSR count). The number of carbonyl (C=O) groups excluding carboxylic acids is 2. The molecule has 3 aromatic carbocycles. The summed E-state index contributed by atoms with van der Waals surface area (Å²) in [7, 11) is 0. The van der Waals surface area contributed by atoms with Crippen LogP contribution in [0.15, 0.2) is 72.8 Å². The normalized spacial score (nSPS) is 15.7. The van der Waals surface area contributed by atoms with Gasteiger partial charge >= 0.3 is 0 Å². The van der Waals surface area contributed by atoms with Crippen molar-refractivity contribution in [3.63, 3.8) is 0 Å². The third kappa shape index (κ3) is 5.08. The zero-order valence-electron chi connectivity index (χ0n) is 18.7. The summed E-state index contributed by atoms with van der Waals surface area (Å²) in [6, 6.07) is 23.6. The molecule has 168 valence electrons. The SMILES string of the molecule is O=C(Nc1ccc(N2CCCCC2)c(C(=O)NC2CC2)c1)c1ccc(-c2ccccc2)cc1. The van der Waals surface area contributed by atoms with Crippen LogP contribution < -0.4 is 15.5 Å². The summed E-state index contributed by atoms with van der Waals surface area (Å²) in [5, 5.41) is 6.08. The molecule has 1 aliphatic carbocycles. The van der Waals surface area contributed by atoms with Gasteiger partial charge in [-0.25, -0.2) is 0 Å². The van der Waals surface area contributed by atoms with Crippen LogP contribution in [0.5, 0.6) is 0 Å². The fourth-order valence-electron chi connectivity index (χ4n) is 4.34. The fourth-order valence-corrected chi connectivity index (χ4v) is 4.34. The Bertz CT molecular complexity index is 1130. The van der Waals surface area contributed by atoms with E-state index in [2.05, 4.69) is 15.5 Å². The van der Waals surface area contributed by atoms with Gasteiger partial charge in [-0.05, 0) is 73.6 Å². The fraction of sp³-hybridized carbons (Fsp3) is 0.286. The van der Waals surface area contributed by atoms with Gasteiger partial charge in [0.05, 0.1) is 5.56 Å². The van der Waals surface area contributed by atoms with Gasteiger partial charge in [-0.15, -0.1) is 0 Å². The monoisotopic (exact) mass is 439 g/mol. The molecule has 1 saturated carbocycles. The minimum absolute atomic E-state index is 0.0543. The zero-order valence-corrected chi connectivity index (χ0v) is 18.7. The van der Waals surface area contributed by atoms with Gasteiger partial charge in [0.15, 0.2) is 0 Å². The van der Waals surface area contributed by atoms with Crippen molar-refractivity contribution in [3.8, 4) is 11.1 Å². The third-order valence-corrected chi connectivity index (χ3v) is 6.36. The number of amides is 2. The van der Waals surface area contributed by atoms with Crippen molar-refractivity contribution in [1.82, 2.24) is 5.32 Å². The molecule has 0 spiro atoms. The molecule has 1 saturated heterocycles. The number of hydrogen-bond acceptors (Lipinski definition) is 3. The van der Waals surface area contributed by atoms with Crippen LogP contribution in [0.25, 0.3) is 11.1 Å². The van der Waals surface area contributed by atoms with Gasteiger partial charge in [0.2, 0.25) is 0 Å². The van der Waals surface area contributed by atoms with Gasteiger partial charge in [0.1, 0.15) is 0 Å². The van der Waals surface area contributed by atoms with Crippen molar-refractivity contribution >= 4 is 23.2 Å². The van der Waals surface area contributed by atoms with Crippen LogP contribution in [0, 0.1) is 0 Å². The van der Waals surface area contributed by atoms with Crippen molar-refractivity contribution in [2.24, 2.45) is 0 Å². The van der Waals surface area contributed by atoms with E-state index >= 15 is 0 Å². The van der Waals surface area contributed by atoms with Crippen LogP contribution >= 0.6 is 0 Å². The summed E-state index contributed by atoms with van der Waals surface area (Å²) < 4.78 is 0. The first-order chi connectivity index (χ1) is 16.2. The van der Waals surface area contributed by atoms with Gasteiger partial charge in [-0.2, -0.15) is 0 Å². The largest absolute Gasteiger partial charge is 0.371 e. The molecule has 2 fully saturated rings. The molecule has 3 aromatic rings. The zero-order chi connectivity index (χ0) is 22.6. The van der Waals surface area contributed by atoms with E-state index in [4.69, 9.17) is 0 Å². The van der Waals surface area contributed by atoms with Crippen molar-refractivity contribution in [2.45, 2.75) is 38.1 Å². The van der Waals surface area contributed by atoms with Crippen LogP contribution in [0.4, 0.5) is 11.4 Å². The second-order valence-electron chi connectivity index (χ2n) is 8.92. The van der Waals surface area contributed by atoms with Gasteiger partial charge in [0.25, 0.3) is 11.8 Å². The van der Waals surface area contributed by atoms with E-state index in [0.717, 1.165) is 55.6 Å². The van der Waals surface area contributed by atoms with Gasteiger partial charge in [-0.1, -0.05) is 42.5 Å². The standard InChI is InChI=1S/C28H29N3O2/c32-27(22-11-9-21(10-12-22)20-7-3-1-4-8-20)30-24-15-16-26(31-17-5-2-6-18-31)25(19-24)28(33)29-23-13-14-23/h1,3-4,7-12,15-16,19,23H,2,5-6,13-14,17-18H2,(H,29,33)(H,30,32). The number of piperidine rings is 1. The number of hydrogen-bond donors (Lipinski definition) is 2. The van der Waals surface area contributed by atoms with Crippen LogP contribution in [-0.4, -0.2) is 30.9 Å². The number of carbonyl (C=O) groups is 2. The maximum absolute atomic E-state index is 13.0. The first-order valence-electron chi connectivity index (χ1n) is 11.8. The van der Waals surface area contributed by atoms with Crippen molar-refractivity contribution in [3.05, 3.63) is 83.9 Å². The summed E-state index contributed by atoms with van der Waals surface area (Å²) in [5.41, 5.74) is 4.99. The average molecular weight is 440 g/mol. The maximum Gasteiger partial charge on any atom is 0.255 e. The average Bonchev–Trinajstić information content (AvgIpc) is 3.69. The van der Waals surface area contributed by atoms with E-state index in [1.165, 1.54) is 6.42 Å². The lowest BCUT2D eigenvalue weighted by molar-refractivity contribution is 0.0950. The predicted octanol–water partition coefficient (Wildman–Crippen LogP) is 5.49. The lowest BCUT2D eigenvalue weighted by Gasteiger charge is -2.30. The van der Waals surface area contributed by atoms with E-state index in [1.54, 1.807) is 0 Å². The summed E-state index contributed by atoms with van der Waals surface area (Å²) in [6.45, 7) is 1.92. The molecule has 0 bridgehead atoms. The molecule has 0 radical (unpaired) electrons. The molecule has 5 heteroatoms. The molecule has 0 aromatic heterocycles. The van der Waals surface area contributed by atoms with Crippen LogP contribution in [0.1, 0.15) is 52.8 Å². The molecule has 0 atom stereocenters. The lowest BCUT2D eigenvalue weighted by Crippen LogP contribution is -2.33. The first-order valence-corrected chi connectivity index (χ1v) is 11.8. The van der Waals surface area contributed by atoms with E-state index in [-0.39, 0.29) is 17.9 Å². The highest BCUT2D eigenvalue weighted by atomic mass is 16.2. The van der Waals surface area contributed by atoms with E-state index in [9.17, 15) is 9.59 Å². The molecular formula is C28H29N3O2. The predicted molar refractivity (Wildman–Crippen MR) is 133 cm³/mol. The number of nitrogens with zero attached hydrogens (tertiary/aromatic N) is 1. The Kier molecular flexibility index (Phi) is 6.11. The number of rotatable bonds is 6. The molecule has 1 aliphatic heterocycles. The first kappa shape index (κ1) is 21.3. The quantitative estimate of drug-likeness (QED) is 0.534. The maximum atomic E-state index is 13.0. The topological polar surface area (TPSA) is 61.4 Å². The number of nitrogens with one attached hydrogen (secondary N) is 2. The Morgan fingerprint density at radius 1 is 0.758 bits per heavy atom. The molecule has 2 aliphatic rings. The van der Waals surface area contributed by atoms with E-state index < -0.39 is 0 Å². The second-order valence-corrected chi connectivity index (χ2v) is 8.92.